The topological polar surface area (TPSA) is 178 Å². The van der Waals surface area contributed by atoms with Crippen molar-refractivity contribution in [1.82, 2.24) is 14.9 Å². The molecule has 3 aromatic rings. The minimum absolute atomic E-state index is 0.0583. The summed E-state index contributed by atoms with van der Waals surface area (Å²) in [5.74, 6) is -1.10. The van der Waals surface area contributed by atoms with Crippen LogP contribution in [0.3, 0.4) is 0 Å². The predicted molar refractivity (Wildman–Crippen MR) is 110 cm³/mol. The first-order chi connectivity index (χ1) is 14.6. The van der Waals surface area contributed by atoms with E-state index >= 15 is 0 Å². The molecule has 0 atom stereocenters. The lowest BCUT2D eigenvalue weighted by Crippen LogP contribution is -2.32. The van der Waals surface area contributed by atoms with Crippen LogP contribution in [0.2, 0.25) is 0 Å². The number of hydrogen-bond acceptors (Lipinski definition) is 6. The number of aromatic amines is 2. The van der Waals surface area contributed by atoms with Crippen LogP contribution in [0.25, 0.3) is 11.0 Å². The largest absolute Gasteiger partial charge is 0.478 e. The Bertz CT molecular complexity index is 1320. The number of benzene rings is 2. The second kappa shape index (κ2) is 8.10. The number of nitro groups is 1. The average molecular weight is 427 g/mol. The summed E-state index contributed by atoms with van der Waals surface area (Å²) in [6, 6.07) is 6.08. The Balaban J connectivity index is 1.94. The molecule has 12 nitrogen and oxygen atoms in total. The van der Waals surface area contributed by atoms with Gasteiger partial charge in [-0.05, 0) is 31.2 Å². The van der Waals surface area contributed by atoms with Crippen molar-refractivity contribution >= 4 is 34.4 Å². The van der Waals surface area contributed by atoms with Crippen molar-refractivity contribution in [3.63, 3.8) is 0 Å². The van der Waals surface area contributed by atoms with Gasteiger partial charge in [0.25, 0.3) is 5.69 Å². The van der Waals surface area contributed by atoms with Crippen LogP contribution >= 0.6 is 0 Å². The van der Waals surface area contributed by atoms with E-state index in [1.807, 2.05) is 0 Å². The third-order valence-electron chi connectivity index (χ3n) is 4.70. The highest BCUT2D eigenvalue weighted by Crippen LogP contribution is 2.28. The molecule has 0 fully saturated rings. The molecule has 3 rings (SSSR count). The molecule has 160 valence electrons. The molecule has 0 spiro atoms. The maximum Gasteiger partial charge on any atom is 0.335 e. The maximum absolute atomic E-state index is 12.6. The zero-order valence-corrected chi connectivity index (χ0v) is 16.4. The number of aromatic carboxylic acids is 1. The highest BCUT2D eigenvalue weighted by molar-refractivity contribution is 5.92. The molecular weight excluding hydrogens is 410 g/mol. The molecule has 0 aliphatic rings. The summed E-state index contributed by atoms with van der Waals surface area (Å²) < 4.78 is 0. The van der Waals surface area contributed by atoms with Crippen molar-refractivity contribution in [2.75, 3.05) is 12.4 Å². The van der Waals surface area contributed by atoms with Crippen LogP contribution in [0.15, 0.2) is 39.9 Å². The molecule has 2 aromatic carbocycles. The Labute approximate surface area is 173 Å². The Morgan fingerprint density at radius 2 is 1.77 bits per heavy atom. The quantitative estimate of drug-likeness (QED) is 0.272. The van der Waals surface area contributed by atoms with Crippen LogP contribution in [0.1, 0.15) is 21.5 Å². The maximum atomic E-state index is 12.6. The third-order valence-corrected chi connectivity index (χ3v) is 4.70. The smallest absolute Gasteiger partial charge is 0.335 e. The van der Waals surface area contributed by atoms with Crippen molar-refractivity contribution in [1.29, 1.82) is 0 Å². The Kier molecular flexibility index (Phi) is 5.55. The molecular formula is C19H17N5O7. The molecule has 12 heteroatoms. The van der Waals surface area contributed by atoms with E-state index in [1.54, 1.807) is 0 Å². The number of nitrogens with one attached hydrogen (secondary N) is 3. The number of fused-ring (bicyclic) bond motifs is 1. The highest BCUT2D eigenvalue weighted by Gasteiger charge is 2.22. The van der Waals surface area contributed by atoms with E-state index in [4.69, 9.17) is 5.11 Å². The Hall–Kier alpha value is -4.48. The number of H-pyrrole nitrogens is 2. The molecule has 0 unspecified atom stereocenters. The second-order valence-electron chi connectivity index (χ2n) is 6.76. The molecule has 0 aliphatic carbocycles. The van der Waals surface area contributed by atoms with Crippen LogP contribution in [-0.2, 0) is 6.54 Å². The number of carboxylic acid groups (broad SMARTS) is 1. The predicted octanol–water partition coefficient (Wildman–Crippen LogP) is 1.80. The molecule has 2 amide bonds. The molecule has 1 aromatic heterocycles. The van der Waals surface area contributed by atoms with E-state index in [2.05, 4.69) is 15.3 Å². The normalized spacial score (nSPS) is 10.6. The van der Waals surface area contributed by atoms with E-state index in [9.17, 15) is 29.3 Å². The van der Waals surface area contributed by atoms with Gasteiger partial charge in [0.15, 0.2) is 0 Å². The fraction of sp³-hybridized carbons (Fsp3) is 0.158. The average Bonchev–Trinajstić information content (AvgIpc) is 2.71. The summed E-state index contributed by atoms with van der Waals surface area (Å²) in [6.07, 6.45) is 0. The first-order valence-corrected chi connectivity index (χ1v) is 8.87. The molecule has 0 saturated heterocycles. The van der Waals surface area contributed by atoms with Crippen molar-refractivity contribution in [3.05, 3.63) is 77.8 Å². The SMILES string of the molecule is Cc1c([N+](=O)[O-])cc2[nH]c(=O)c(=O)[nH]c2c1CN(C)C(=O)Nc1ccc(C(=O)O)cc1. The number of carbonyl (C=O) groups is 2. The van der Waals surface area contributed by atoms with Crippen LogP contribution in [-0.4, -0.2) is 43.9 Å². The lowest BCUT2D eigenvalue weighted by atomic mass is 10.0. The number of carboxylic acids is 1. The van der Waals surface area contributed by atoms with Crippen LogP contribution < -0.4 is 16.4 Å². The fourth-order valence-electron chi connectivity index (χ4n) is 3.02. The molecule has 31 heavy (non-hydrogen) atoms. The molecule has 1 heterocycles. The van der Waals surface area contributed by atoms with Gasteiger partial charge in [-0.2, -0.15) is 0 Å². The number of amides is 2. The summed E-state index contributed by atoms with van der Waals surface area (Å²) in [4.78, 5) is 63.6. The van der Waals surface area contributed by atoms with Crippen LogP contribution in [0.5, 0.6) is 0 Å². The first kappa shape index (κ1) is 21.2. The molecule has 4 N–H and O–H groups in total. The summed E-state index contributed by atoms with van der Waals surface area (Å²) in [5.41, 5.74) is -0.984. The number of anilines is 1. The van der Waals surface area contributed by atoms with Crippen molar-refractivity contribution < 1.29 is 19.6 Å². The molecule has 0 bridgehead atoms. The summed E-state index contributed by atoms with van der Waals surface area (Å²) in [7, 11) is 1.44. The van der Waals surface area contributed by atoms with E-state index < -0.39 is 28.0 Å². The van der Waals surface area contributed by atoms with Gasteiger partial charge in [-0.25, -0.2) is 9.59 Å². The van der Waals surface area contributed by atoms with E-state index in [0.29, 0.717) is 5.69 Å². The number of hydrogen-bond donors (Lipinski definition) is 4. The monoisotopic (exact) mass is 427 g/mol. The number of nitrogens with zero attached hydrogens (tertiary/aromatic N) is 2. The van der Waals surface area contributed by atoms with E-state index in [1.165, 1.54) is 43.1 Å². The van der Waals surface area contributed by atoms with Gasteiger partial charge in [0.2, 0.25) is 0 Å². The summed E-state index contributed by atoms with van der Waals surface area (Å²) in [5, 5.41) is 22.9. The molecule has 0 radical (unpaired) electrons. The zero-order chi connectivity index (χ0) is 22.9. The van der Waals surface area contributed by atoms with Crippen molar-refractivity contribution in [2.45, 2.75) is 13.5 Å². The number of urea groups is 1. The lowest BCUT2D eigenvalue weighted by Gasteiger charge is -2.20. The Morgan fingerprint density at radius 1 is 1.16 bits per heavy atom. The molecule has 0 aliphatic heterocycles. The van der Waals surface area contributed by atoms with Gasteiger partial charge in [0.05, 0.1) is 21.5 Å². The van der Waals surface area contributed by atoms with Crippen LogP contribution in [0, 0.1) is 17.0 Å². The number of rotatable bonds is 5. The summed E-state index contributed by atoms with van der Waals surface area (Å²) in [6.45, 7) is 1.36. The van der Waals surface area contributed by atoms with E-state index in [-0.39, 0.29) is 40.0 Å². The second-order valence-corrected chi connectivity index (χ2v) is 6.76. The van der Waals surface area contributed by atoms with Gasteiger partial charge in [-0.3, -0.25) is 19.7 Å². The number of nitro benzene ring substituents is 1. The van der Waals surface area contributed by atoms with Gasteiger partial charge < -0.3 is 25.3 Å². The molecule has 0 saturated carbocycles. The van der Waals surface area contributed by atoms with Gasteiger partial charge >= 0.3 is 23.1 Å². The minimum Gasteiger partial charge on any atom is -0.478 e. The van der Waals surface area contributed by atoms with Crippen molar-refractivity contribution in [3.8, 4) is 0 Å². The van der Waals surface area contributed by atoms with Gasteiger partial charge in [-0.1, -0.05) is 0 Å². The third kappa shape index (κ3) is 4.27. The zero-order valence-electron chi connectivity index (χ0n) is 16.4. The van der Waals surface area contributed by atoms with Gasteiger partial charge in [0, 0.05) is 36.5 Å². The Morgan fingerprint density at radius 3 is 2.35 bits per heavy atom. The van der Waals surface area contributed by atoms with Crippen LogP contribution in [0.4, 0.5) is 16.2 Å². The summed E-state index contributed by atoms with van der Waals surface area (Å²) >= 11 is 0. The minimum atomic E-state index is -1.10. The lowest BCUT2D eigenvalue weighted by molar-refractivity contribution is -0.385. The van der Waals surface area contributed by atoms with Gasteiger partial charge in [-0.15, -0.1) is 0 Å². The van der Waals surface area contributed by atoms with E-state index in [0.717, 1.165) is 6.07 Å². The fourth-order valence-corrected chi connectivity index (χ4v) is 3.02. The standard InChI is InChI=1S/C19H17N5O7/c1-9-12(15-13(7-14(9)24(30)31)21-16(25)17(26)22-15)8-23(2)19(29)20-11-5-3-10(4-6-11)18(27)28/h3-7H,8H2,1-2H3,(H,20,29)(H,21,25)(H,22,26)(H,27,28). The highest BCUT2D eigenvalue weighted by atomic mass is 16.6. The number of aromatic nitrogens is 2. The number of carbonyl (C=O) groups excluding carboxylic acids is 1. The first-order valence-electron chi connectivity index (χ1n) is 8.87. The van der Waals surface area contributed by atoms with Crippen molar-refractivity contribution in [2.24, 2.45) is 0 Å². The van der Waals surface area contributed by atoms with Gasteiger partial charge in [0.1, 0.15) is 0 Å².